The molecule has 26 heavy (non-hydrogen) atoms. The summed E-state index contributed by atoms with van der Waals surface area (Å²) in [7, 11) is 1.58. The number of H-pyrrole nitrogens is 1. The topological polar surface area (TPSA) is 96.1 Å². The van der Waals surface area contributed by atoms with Gasteiger partial charge in [-0.3, -0.25) is 14.3 Å². The van der Waals surface area contributed by atoms with Crippen molar-refractivity contribution in [1.82, 2.24) is 19.1 Å². The van der Waals surface area contributed by atoms with Crippen molar-refractivity contribution >= 4 is 17.1 Å². The molecule has 8 heteroatoms. The summed E-state index contributed by atoms with van der Waals surface area (Å²) in [5.74, 6) is 0.624. The molecule has 0 spiro atoms. The van der Waals surface area contributed by atoms with Gasteiger partial charge in [0.15, 0.2) is 11.2 Å². The SMILES string of the molecule is Cn1c(=O)[nH]c(=O)c2c1nc(N1CCCC1)n2C[C@H](O)c1ccccc1. The van der Waals surface area contributed by atoms with Crippen molar-refractivity contribution in [2.75, 3.05) is 18.0 Å². The van der Waals surface area contributed by atoms with Gasteiger partial charge in [-0.1, -0.05) is 30.3 Å². The molecular weight excluding hydrogens is 334 g/mol. The molecule has 0 saturated carbocycles. The van der Waals surface area contributed by atoms with Gasteiger partial charge in [-0.15, -0.1) is 0 Å². The molecule has 1 aliphatic heterocycles. The molecule has 1 saturated heterocycles. The number of rotatable bonds is 4. The maximum atomic E-state index is 12.5. The Hall–Kier alpha value is -2.87. The highest BCUT2D eigenvalue weighted by atomic mass is 16.3. The van der Waals surface area contributed by atoms with Gasteiger partial charge >= 0.3 is 5.69 Å². The molecule has 1 fully saturated rings. The van der Waals surface area contributed by atoms with Crippen LogP contribution in [0.4, 0.5) is 5.95 Å². The minimum atomic E-state index is -0.786. The van der Waals surface area contributed by atoms with Crippen molar-refractivity contribution in [1.29, 1.82) is 0 Å². The average molecular weight is 355 g/mol. The number of fused-ring (bicyclic) bond motifs is 1. The molecule has 8 nitrogen and oxygen atoms in total. The van der Waals surface area contributed by atoms with E-state index in [2.05, 4.69) is 14.9 Å². The average Bonchev–Trinajstić information content (AvgIpc) is 3.28. The van der Waals surface area contributed by atoms with Crippen molar-refractivity contribution in [3.05, 3.63) is 56.7 Å². The van der Waals surface area contributed by atoms with E-state index in [-0.39, 0.29) is 6.54 Å². The van der Waals surface area contributed by atoms with Gasteiger partial charge in [0.25, 0.3) is 5.56 Å². The highest BCUT2D eigenvalue weighted by molar-refractivity contribution is 5.74. The smallest absolute Gasteiger partial charge is 0.329 e. The molecule has 1 atom stereocenters. The number of aryl methyl sites for hydroxylation is 1. The van der Waals surface area contributed by atoms with Crippen LogP contribution in [0.1, 0.15) is 24.5 Å². The number of aliphatic hydroxyl groups is 1. The van der Waals surface area contributed by atoms with Crippen LogP contribution in [0.25, 0.3) is 11.2 Å². The first-order valence-electron chi connectivity index (χ1n) is 8.74. The Bertz CT molecular complexity index is 1040. The zero-order valence-electron chi connectivity index (χ0n) is 14.6. The molecule has 136 valence electrons. The Balaban J connectivity index is 1.88. The Labute approximate surface area is 149 Å². The number of aromatic amines is 1. The summed E-state index contributed by atoms with van der Waals surface area (Å²) in [5, 5.41) is 10.7. The third-order valence-corrected chi connectivity index (χ3v) is 4.92. The van der Waals surface area contributed by atoms with E-state index in [1.807, 2.05) is 30.3 Å². The van der Waals surface area contributed by atoms with E-state index in [4.69, 9.17) is 0 Å². The number of hydrogen-bond acceptors (Lipinski definition) is 5. The third kappa shape index (κ3) is 2.72. The number of hydrogen-bond donors (Lipinski definition) is 2. The summed E-state index contributed by atoms with van der Waals surface area (Å²) in [6.45, 7) is 1.88. The van der Waals surface area contributed by atoms with E-state index in [1.54, 1.807) is 11.6 Å². The molecule has 3 aromatic rings. The predicted molar refractivity (Wildman–Crippen MR) is 98.4 cm³/mol. The normalized spacial score (nSPS) is 15.7. The molecular formula is C18H21N5O3. The van der Waals surface area contributed by atoms with Gasteiger partial charge in [-0.25, -0.2) is 4.79 Å². The molecule has 0 bridgehead atoms. The minimum absolute atomic E-state index is 0.188. The molecule has 0 aliphatic carbocycles. The second-order valence-electron chi connectivity index (χ2n) is 6.63. The largest absolute Gasteiger partial charge is 0.387 e. The van der Waals surface area contributed by atoms with Crippen molar-refractivity contribution in [2.45, 2.75) is 25.5 Å². The molecule has 3 heterocycles. The lowest BCUT2D eigenvalue weighted by molar-refractivity contribution is 0.158. The van der Waals surface area contributed by atoms with Crippen LogP contribution in [0.5, 0.6) is 0 Å². The second kappa shape index (κ2) is 6.45. The first kappa shape index (κ1) is 16.6. The van der Waals surface area contributed by atoms with Gasteiger partial charge in [0.2, 0.25) is 5.95 Å². The summed E-state index contributed by atoms with van der Waals surface area (Å²) < 4.78 is 3.07. The van der Waals surface area contributed by atoms with Crippen molar-refractivity contribution in [3.8, 4) is 0 Å². The van der Waals surface area contributed by atoms with Crippen LogP contribution in [0.3, 0.4) is 0 Å². The predicted octanol–water partition coefficient (Wildman–Crippen LogP) is 0.757. The zero-order chi connectivity index (χ0) is 18.3. The van der Waals surface area contributed by atoms with Crippen LogP contribution in [-0.2, 0) is 13.6 Å². The van der Waals surface area contributed by atoms with Crippen LogP contribution in [-0.4, -0.2) is 37.3 Å². The van der Waals surface area contributed by atoms with Crippen LogP contribution >= 0.6 is 0 Å². The van der Waals surface area contributed by atoms with E-state index in [0.29, 0.717) is 17.1 Å². The van der Waals surface area contributed by atoms with E-state index in [9.17, 15) is 14.7 Å². The fraction of sp³-hybridized carbons (Fsp3) is 0.389. The lowest BCUT2D eigenvalue weighted by Crippen LogP contribution is -2.30. The summed E-state index contributed by atoms with van der Waals surface area (Å²) in [6, 6.07) is 9.31. The highest BCUT2D eigenvalue weighted by Crippen LogP contribution is 2.26. The number of benzene rings is 1. The van der Waals surface area contributed by atoms with Crippen molar-refractivity contribution < 1.29 is 5.11 Å². The van der Waals surface area contributed by atoms with Gasteiger partial charge in [0.1, 0.15) is 0 Å². The number of aliphatic hydroxyl groups excluding tert-OH is 1. The van der Waals surface area contributed by atoms with Crippen LogP contribution < -0.4 is 16.1 Å². The maximum Gasteiger partial charge on any atom is 0.329 e. The highest BCUT2D eigenvalue weighted by Gasteiger charge is 2.25. The van der Waals surface area contributed by atoms with E-state index < -0.39 is 17.4 Å². The monoisotopic (exact) mass is 355 g/mol. The molecule has 4 rings (SSSR count). The number of anilines is 1. The summed E-state index contributed by atoms with van der Waals surface area (Å²) in [6.07, 6.45) is 1.33. The van der Waals surface area contributed by atoms with Crippen LogP contribution in [0.2, 0.25) is 0 Å². The summed E-state index contributed by atoms with van der Waals surface area (Å²) >= 11 is 0. The molecule has 2 aromatic heterocycles. The van der Waals surface area contributed by atoms with E-state index >= 15 is 0 Å². The second-order valence-corrected chi connectivity index (χ2v) is 6.63. The van der Waals surface area contributed by atoms with E-state index in [0.717, 1.165) is 31.5 Å². The number of imidazole rings is 1. The van der Waals surface area contributed by atoms with E-state index in [1.165, 1.54) is 4.57 Å². The molecule has 1 aromatic carbocycles. The lowest BCUT2D eigenvalue weighted by Gasteiger charge is -2.20. The zero-order valence-corrected chi connectivity index (χ0v) is 14.6. The Morgan fingerprint density at radius 1 is 1.19 bits per heavy atom. The Morgan fingerprint density at radius 2 is 1.88 bits per heavy atom. The van der Waals surface area contributed by atoms with Crippen molar-refractivity contribution in [3.63, 3.8) is 0 Å². The molecule has 0 radical (unpaired) electrons. The van der Waals surface area contributed by atoms with Crippen molar-refractivity contribution in [2.24, 2.45) is 7.05 Å². The standard InChI is InChI=1S/C18H21N5O3/c1-21-15-14(16(25)20-18(21)26)23(17(19-15)22-9-5-6-10-22)11-13(24)12-7-3-2-4-8-12/h2-4,7-8,13,24H,5-6,9-11H2,1H3,(H,20,25,26)/t13-/m0/s1. The fourth-order valence-corrected chi connectivity index (χ4v) is 3.51. The Morgan fingerprint density at radius 3 is 2.58 bits per heavy atom. The third-order valence-electron chi connectivity index (χ3n) is 4.92. The van der Waals surface area contributed by atoms with Gasteiger partial charge in [0.05, 0.1) is 12.6 Å². The van der Waals surface area contributed by atoms with Crippen LogP contribution in [0.15, 0.2) is 39.9 Å². The number of nitrogens with zero attached hydrogens (tertiary/aromatic N) is 4. The first-order valence-corrected chi connectivity index (χ1v) is 8.74. The quantitative estimate of drug-likeness (QED) is 0.720. The van der Waals surface area contributed by atoms with Gasteiger partial charge < -0.3 is 14.6 Å². The van der Waals surface area contributed by atoms with Gasteiger partial charge in [-0.05, 0) is 18.4 Å². The lowest BCUT2D eigenvalue weighted by atomic mass is 10.1. The summed E-state index contributed by atoms with van der Waals surface area (Å²) in [5.41, 5.74) is 0.429. The number of aromatic nitrogens is 4. The van der Waals surface area contributed by atoms with Gasteiger partial charge in [-0.2, -0.15) is 4.98 Å². The van der Waals surface area contributed by atoms with Crippen LogP contribution in [0, 0.1) is 0 Å². The maximum absolute atomic E-state index is 12.5. The molecule has 1 aliphatic rings. The summed E-state index contributed by atoms with van der Waals surface area (Å²) in [4.78, 5) is 33.4. The molecule has 0 amide bonds. The molecule has 0 unspecified atom stereocenters. The first-order chi connectivity index (χ1) is 12.6. The fourth-order valence-electron chi connectivity index (χ4n) is 3.51. The minimum Gasteiger partial charge on any atom is -0.387 e. The van der Waals surface area contributed by atoms with Gasteiger partial charge in [0, 0.05) is 20.1 Å². The Kier molecular flexibility index (Phi) is 4.12. The molecule has 2 N–H and O–H groups in total. The number of nitrogens with one attached hydrogen (secondary N) is 1.